The third-order valence-corrected chi connectivity index (χ3v) is 4.64. The summed E-state index contributed by atoms with van der Waals surface area (Å²) >= 11 is 8.18. The van der Waals surface area contributed by atoms with E-state index in [9.17, 15) is 4.79 Å². The summed E-state index contributed by atoms with van der Waals surface area (Å²) in [6.45, 7) is 3.67. The Morgan fingerprint density at radius 3 is 2.81 bits per heavy atom. The number of rotatable bonds is 2. The highest BCUT2D eigenvalue weighted by molar-refractivity contribution is 14.1. The minimum absolute atomic E-state index is 0.00169. The Kier molecular flexibility index (Phi) is 3.93. The predicted molar refractivity (Wildman–Crippen MR) is 84.5 cm³/mol. The van der Waals surface area contributed by atoms with E-state index in [-0.39, 0.29) is 29.2 Å². The number of nitrogens with two attached hydrogens (primary N) is 1. The lowest BCUT2D eigenvalue weighted by Crippen LogP contribution is -2.35. The summed E-state index contributed by atoms with van der Waals surface area (Å²) in [6, 6.07) is 0. The first-order valence-corrected chi connectivity index (χ1v) is 8.34. The third kappa shape index (κ3) is 2.67. The standard InChI is InChI=1S/C12H15ClIN3O4/c1-12(2)20-7-6(3-14)19-10(8(7)21-12)17-4-5(13)9(15)16-11(17)18/h4,6-8,10H,3H2,1-2H3,(H2,15,16,18)/t6-,7+,8+,10-/m1/s1. The van der Waals surface area contributed by atoms with Crippen molar-refractivity contribution >= 4 is 40.0 Å². The number of fused-ring (bicyclic) bond motifs is 1. The van der Waals surface area contributed by atoms with Crippen LogP contribution in [0.5, 0.6) is 0 Å². The molecule has 1 aromatic heterocycles. The number of alkyl halides is 1. The lowest BCUT2D eigenvalue weighted by Gasteiger charge is -2.24. The molecular weight excluding hydrogens is 413 g/mol. The van der Waals surface area contributed by atoms with Crippen LogP contribution in [-0.4, -0.2) is 38.1 Å². The molecule has 116 valence electrons. The molecule has 0 radical (unpaired) electrons. The Morgan fingerprint density at radius 1 is 1.48 bits per heavy atom. The van der Waals surface area contributed by atoms with Crippen LogP contribution >= 0.6 is 34.2 Å². The number of halogens is 2. The molecule has 9 heteroatoms. The fraction of sp³-hybridized carbons (Fsp3) is 0.667. The topological polar surface area (TPSA) is 88.6 Å². The van der Waals surface area contributed by atoms with Crippen molar-refractivity contribution in [3.8, 4) is 0 Å². The summed E-state index contributed by atoms with van der Waals surface area (Å²) < 4.78 is 19.7. The fourth-order valence-corrected chi connectivity index (χ4v) is 3.50. The van der Waals surface area contributed by atoms with Crippen molar-refractivity contribution in [2.75, 3.05) is 10.2 Å². The van der Waals surface area contributed by atoms with E-state index >= 15 is 0 Å². The van der Waals surface area contributed by atoms with E-state index in [1.165, 1.54) is 10.8 Å². The van der Waals surface area contributed by atoms with Crippen LogP contribution in [0.3, 0.4) is 0 Å². The second-order valence-electron chi connectivity index (χ2n) is 5.45. The Bertz CT molecular complexity index is 623. The first kappa shape index (κ1) is 15.5. The third-order valence-electron chi connectivity index (χ3n) is 3.49. The van der Waals surface area contributed by atoms with Crippen LogP contribution in [0.2, 0.25) is 5.02 Å². The summed E-state index contributed by atoms with van der Waals surface area (Å²) in [7, 11) is 0. The van der Waals surface area contributed by atoms with E-state index in [4.69, 9.17) is 31.5 Å². The van der Waals surface area contributed by atoms with Crippen LogP contribution in [0.15, 0.2) is 11.0 Å². The quantitative estimate of drug-likeness (QED) is 0.566. The molecule has 3 heterocycles. The van der Waals surface area contributed by atoms with E-state index in [1.807, 2.05) is 13.8 Å². The normalized spacial score (nSPS) is 34.1. The molecule has 2 fully saturated rings. The SMILES string of the molecule is CC1(C)O[C@@H]2[C@H](O1)[C@H](n1cc(Cl)c(N)nc1=O)O[C@@H]2CI. The van der Waals surface area contributed by atoms with E-state index in [1.54, 1.807) is 0 Å². The molecule has 2 aliphatic rings. The Morgan fingerprint density at radius 2 is 2.14 bits per heavy atom. The highest BCUT2D eigenvalue weighted by Gasteiger charge is 2.55. The zero-order valence-corrected chi connectivity index (χ0v) is 14.4. The number of nitrogen functional groups attached to an aromatic ring is 1. The van der Waals surface area contributed by atoms with E-state index in [0.29, 0.717) is 0 Å². The van der Waals surface area contributed by atoms with Gasteiger partial charge in [0.2, 0.25) is 0 Å². The minimum Gasteiger partial charge on any atom is -0.382 e. The summed E-state index contributed by atoms with van der Waals surface area (Å²) in [6.07, 6.45) is 0.0161. The van der Waals surface area contributed by atoms with Crippen molar-refractivity contribution in [3.63, 3.8) is 0 Å². The molecule has 0 spiro atoms. The molecule has 0 bridgehead atoms. The summed E-state index contributed by atoms with van der Waals surface area (Å²) in [4.78, 5) is 15.8. The van der Waals surface area contributed by atoms with Gasteiger partial charge in [-0.05, 0) is 13.8 Å². The number of hydrogen-bond acceptors (Lipinski definition) is 6. The maximum Gasteiger partial charge on any atom is 0.351 e. The van der Waals surface area contributed by atoms with Gasteiger partial charge in [0, 0.05) is 10.6 Å². The molecule has 2 aliphatic heterocycles. The molecule has 0 unspecified atom stereocenters. The number of anilines is 1. The van der Waals surface area contributed by atoms with Crippen LogP contribution in [0, 0.1) is 0 Å². The number of aromatic nitrogens is 2. The van der Waals surface area contributed by atoms with Gasteiger partial charge in [0.1, 0.15) is 18.0 Å². The highest BCUT2D eigenvalue weighted by Crippen LogP contribution is 2.43. The smallest absolute Gasteiger partial charge is 0.351 e. The van der Waals surface area contributed by atoms with E-state index in [0.717, 1.165) is 4.43 Å². The average Bonchev–Trinajstić information content (AvgIpc) is 2.87. The molecule has 7 nitrogen and oxygen atoms in total. The second kappa shape index (κ2) is 5.34. The van der Waals surface area contributed by atoms with Crippen molar-refractivity contribution in [2.24, 2.45) is 0 Å². The number of nitrogens with zero attached hydrogens (tertiary/aromatic N) is 2. The maximum atomic E-state index is 12.1. The first-order chi connectivity index (χ1) is 9.82. The maximum absolute atomic E-state index is 12.1. The Hall–Kier alpha value is -0.420. The Labute approximate surface area is 139 Å². The molecule has 2 saturated heterocycles. The summed E-state index contributed by atoms with van der Waals surface area (Å²) in [5.74, 6) is -0.711. The van der Waals surface area contributed by atoms with Crippen molar-refractivity contribution in [1.82, 2.24) is 9.55 Å². The van der Waals surface area contributed by atoms with Gasteiger partial charge in [0.15, 0.2) is 12.0 Å². The molecule has 0 saturated carbocycles. The van der Waals surface area contributed by atoms with Crippen molar-refractivity contribution in [1.29, 1.82) is 0 Å². The van der Waals surface area contributed by atoms with Crippen molar-refractivity contribution in [2.45, 2.75) is 44.2 Å². The molecule has 0 amide bonds. The van der Waals surface area contributed by atoms with E-state index < -0.39 is 17.7 Å². The number of ether oxygens (including phenoxy) is 3. The fourth-order valence-electron chi connectivity index (χ4n) is 2.65. The van der Waals surface area contributed by atoms with Gasteiger partial charge < -0.3 is 19.9 Å². The van der Waals surface area contributed by atoms with Gasteiger partial charge in [-0.25, -0.2) is 4.79 Å². The summed E-state index contributed by atoms with van der Waals surface area (Å²) in [5.41, 5.74) is 5.01. The van der Waals surface area contributed by atoms with Gasteiger partial charge in [0.25, 0.3) is 0 Å². The van der Waals surface area contributed by atoms with Crippen LogP contribution in [0.4, 0.5) is 5.82 Å². The molecular formula is C12H15ClIN3O4. The van der Waals surface area contributed by atoms with Crippen molar-refractivity contribution in [3.05, 3.63) is 21.7 Å². The van der Waals surface area contributed by atoms with Crippen LogP contribution in [0.25, 0.3) is 0 Å². The lowest BCUT2D eigenvalue weighted by molar-refractivity contribution is -0.194. The highest BCUT2D eigenvalue weighted by atomic mass is 127. The predicted octanol–water partition coefficient (Wildman–Crippen LogP) is 1.33. The summed E-state index contributed by atoms with van der Waals surface area (Å²) in [5, 5.41) is 0.200. The minimum atomic E-state index is -0.712. The molecule has 21 heavy (non-hydrogen) atoms. The number of hydrogen-bond donors (Lipinski definition) is 1. The van der Waals surface area contributed by atoms with E-state index in [2.05, 4.69) is 27.6 Å². The molecule has 0 aromatic carbocycles. The van der Waals surface area contributed by atoms with Gasteiger partial charge in [-0.3, -0.25) is 4.57 Å². The molecule has 2 N–H and O–H groups in total. The van der Waals surface area contributed by atoms with Crippen LogP contribution < -0.4 is 11.4 Å². The average molecular weight is 428 g/mol. The largest absolute Gasteiger partial charge is 0.382 e. The van der Waals surface area contributed by atoms with Crippen molar-refractivity contribution < 1.29 is 14.2 Å². The van der Waals surface area contributed by atoms with Gasteiger partial charge in [-0.15, -0.1) is 0 Å². The molecule has 4 atom stereocenters. The molecule has 3 rings (SSSR count). The second-order valence-corrected chi connectivity index (χ2v) is 6.74. The van der Waals surface area contributed by atoms with Crippen LogP contribution in [-0.2, 0) is 14.2 Å². The first-order valence-electron chi connectivity index (χ1n) is 6.43. The lowest BCUT2D eigenvalue weighted by atomic mass is 10.1. The van der Waals surface area contributed by atoms with Gasteiger partial charge in [-0.1, -0.05) is 34.2 Å². The monoisotopic (exact) mass is 427 g/mol. The van der Waals surface area contributed by atoms with Gasteiger partial charge >= 0.3 is 5.69 Å². The van der Waals surface area contributed by atoms with Gasteiger partial charge in [-0.2, -0.15) is 4.98 Å². The Balaban J connectivity index is 1.99. The zero-order chi connectivity index (χ0) is 15.4. The van der Waals surface area contributed by atoms with Crippen LogP contribution in [0.1, 0.15) is 20.1 Å². The van der Waals surface area contributed by atoms with Gasteiger partial charge in [0.05, 0.1) is 11.1 Å². The zero-order valence-electron chi connectivity index (χ0n) is 11.5. The molecule has 1 aromatic rings. The molecule has 0 aliphatic carbocycles.